The maximum atomic E-state index is 11.3. The fourth-order valence-electron chi connectivity index (χ4n) is 4.86. The molecule has 1 saturated heterocycles. The summed E-state index contributed by atoms with van der Waals surface area (Å²) in [5, 5.41) is 23.2. The van der Waals surface area contributed by atoms with Gasteiger partial charge < -0.3 is 24.7 Å². The van der Waals surface area contributed by atoms with Gasteiger partial charge in [0.25, 0.3) is 0 Å². The molecule has 1 fully saturated rings. The number of fused-ring (bicyclic) bond motifs is 4. The molecule has 1 aliphatic heterocycles. The first-order chi connectivity index (χ1) is 17.2. The first kappa shape index (κ1) is 23.5. The number of aliphatic hydroxyl groups is 2. The fourth-order valence-corrected chi connectivity index (χ4v) is 5.61. The first-order valence-electron chi connectivity index (χ1n) is 11.2. The maximum Gasteiger partial charge on any atom is 0.325 e. The van der Waals surface area contributed by atoms with Gasteiger partial charge in [0.05, 0.1) is 29.6 Å². The van der Waals surface area contributed by atoms with Crippen molar-refractivity contribution in [2.24, 2.45) is 0 Å². The van der Waals surface area contributed by atoms with Crippen molar-refractivity contribution in [3.05, 3.63) is 60.1 Å². The number of halogens is 1. The number of rotatable bonds is 5. The van der Waals surface area contributed by atoms with Gasteiger partial charge in [-0.15, -0.1) is 0 Å². The van der Waals surface area contributed by atoms with E-state index in [0.29, 0.717) is 11.3 Å². The lowest BCUT2D eigenvalue weighted by molar-refractivity contribution is -0.0355. The second-order valence-corrected chi connectivity index (χ2v) is 10.8. The van der Waals surface area contributed by atoms with E-state index < -0.39 is 38.3 Å². The van der Waals surface area contributed by atoms with Crippen molar-refractivity contribution < 1.29 is 29.3 Å². The third-order valence-corrected chi connectivity index (χ3v) is 7.49. The molecule has 5 aromatic rings. The molecule has 6 rings (SSSR count). The van der Waals surface area contributed by atoms with E-state index in [4.69, 9.17) is 16.3 Å². The largest absolute Gasteiger partial charge is 0.388 e. The molecule has 0 spiro atoms. The van der Waals surface area contributed by atoms with E-state index in [9.17, 15) is 24.6 Å². The van der Waals surface area contributed by atoms with Crippen molar-refractivity contribution in [1.82, 2.24) is 24.1 Å². The van der Waals surface area contributed by atoms with Gasteiger partial charge >= 0.3 is 7.60 Å². The number of aliphatic hydroxyl groups excluding tert-OH is 2. The molecule has 36 heavy (non-hydrogen) atoms. The van der Waals surface area contributed by atoms with Gasteiger partial charge in [0, 0.05) is 10.8 Å². The summed E-state index contributed by atoms with van der Waals surface area (Å²) in [4.78, 5) is 31.7. The molecule has 4 unspecified atom stereocenters. The summed E-state index contributed by atoms with van der Waals surface area (Å²) in [6.45, 7) is 0. The molecule has 0 radical (unpaired) electrons. The van der Waals surface area contributed by atoms with Crippen LogP contribution in [0.4, 0.5) is 0 Å². The number of imidazole rings is 1. The lowest BCUT2D eigenvalue weighted by Gasteiger charge is -2.17. The quantitative estimate of drug-likeness (QED) is 0.198. The summed E-state index contributed by atoms with van der Waals surface area (Å²) in [6, 6.07) is 15.8. The van der Waals surface area contributed by atoms with Crippen molar-refractivity contribution >= 4 is 52.2 Å². The molecule has 0 saturated carbocycles. The van der Waals surface area contributed by atoms with Gasteiger partial charge in [0.2, 0.25) is 5.28 Å². The van der Waals surface area contributed by atoms with Gasteiger partial charge in [0.1, 0.15) is 12.2 Å². The van der Waals surface area contributed by atoms with Crippen LogP contribution in [0.15, 0.2) is 54.9 Å². The second-order valence-electron chi connectivity index (χ2n) is 8.73. The zero-order valence-electron chi connectivity index (χ0n) is 18.6. The highest BCUT2D eigenvalue weighted by molar-refractivity contribution is 7.51. The summed E-state index contributed by atoms with van der Waals surface area (Å²) in [7, 11) is -4.30. The Bertz CT molecular complexity index is 1610. The smallest absolute Gasteiger partial charge is 0.325 e. The number of hydrogen-bond acceptors (Lipinski definition) is 7. The fraction of sp³-hybridized carbons (Fsp3) is 0.261. The molecule has 4 N–H and O–H groups in total. The van der Waals surface area contributed by atoms with Crippen LogP contribution in [0.25, 0.3) is 38.8 Å². The molecular weight excluding hydrogens is 509 g/mol. The minimum absolute atomic E-state index is 0.0489. The minimum atomic E-state index is -4.30. The van der Waals surface area contributed by atoms with E-state index >= 15 is 0 Å². The summed E-state index contributed by atoms with van der Waals surface area (Å²) in [6.07, 6.45) is -4.01. The van der Waals surface area contributed by atoms with Crippen LogP contribution in [0.3, 0.4) is 0 Å². The standard InChI is InChI=1S/C23H21ClN5O6P/c24-23-26-20-17(25-11-28(20)22-19(31)18(30)16(35-22)9-10-36(32,33)34)21(27-23)29-14-7-3-1-5-12(14)13-6-2-4-8-15(13)29/h1-8,11,16,18-19,22,30-31H,9-10H2,(H2,32,33,34). The molecular formula is C23H21ClN5O6P. The lowest BCUT2D eigenvalue weighted by atomic mass is 10.1. The van der Waals surface area contributed by atoms with Crippen LogP contribution in [-0.2, 0) is 9.30 Å². The number of para-hydroxylation sites is 2. The van der Waals surface area contributed by atoms with Crippen LogP contribution in [0, 0.1) is 0 Å². The zero-order valence-corrected chi connectivity index (χ0v) is 20.2. The van der Waals surface area contributed by atoms with Crippen LogP contribution in [0.5, 0.6) is 0 Å². The predicted molar refractivity (Wildman–Crippen MR) is 132 cm³/mol. The molecule has 11 nitrogen and oxygen atoms in total. The molecule has 0 aliphatic carbocycles. The third kappa shape index (κ3) is 3.80. The van der Waals surface area contributed by atoms with Crippen LogP contribution in [0.1, 0.15) is 12.6 Å². The van der Waals surface area contributed by atoms with Crippen molar-refractivity contribution in [1.29, 1.82) is 0 Å². The highest BCUT2D eigenvalue weighted by Crippen LogP contribution is 2.40. The Kier molecular flexibility index (Phi) is 5.62. The zero-order chi connectivity index (χ0) is 25.2. The van der Waals surface area contributed by atoms with Gasteiger partial charge in [0.15, 0.2) is 23.2 Å². The number of hydrogen-bond donors (Lipinski definition) is 4. The molecule has 1 aliphatic rings. The van der Waals surface area contributed by atoms with Gasteiger partial charge in [-0.05, 0) is 30.2 Å². The average Bonchev–Trinajstić information content (AvgIpc) is 3.49. The van der Waals surface area contributed by atoms with Gasteiger partial charge in [-0.25, -0.2) is 4.98 Å². The van der Waals surface area contributed by atoms with Crippen LogP contribution in [-0.4, -0.2) is 68.6 Å². The number of benzene rings is 2. The van der Waals surface area contributed by atoms with Gasteiger partial charge in [-0.2, -0.15) is 9.97 Å². The van der Waals surface area contributed by atoms with E-state index in [1.807, 2.05) is 53.1 Å². The van der Waals surface area contributed by atoms with Gasteiger partial charge in [-0.3, -0.25) is 13.7 Å². The van der Waals surface area contributed by atoms with Crippen LogP contribution >= 0.6 is 19.2 Å². The summed E-state index contributed by atoms with van der Waals surface area (Å²) in [5.74, 6) is 0.437. The maximum absolute atomic E-state index is 11.3. The normalized spacial score (nSPS) is 22.8. The van der Waals surface area contributed by atoms with E-state index in [2.05, 4.69) is 15.0 Å². The van der Waals surface area contributed by atoms with E-state index in [-0.39, 0.29) is 17.4 Å². The third-order valence-electron chi connectivity index (χ3n) is 6.48. The SMILES string of the molecule is O=P(O)(O)CCC1OC(n2cnc3c(-n4c5ccccc5c5ccccc54)nc(Cl)nc32)C(O)C1O. The van der Waals surface area contributed by atoms with Gasteiger partial charge in [-0.1, -0.05) is 36.4 Å². The second kappa shape index (κ2) is 8.60. The highest BCUT2D eigenvalue weighted by Gasteiger charge is 2.44. The Morgan fingerprint density at radius 3 is 2.25 bits per heavy atom. The molecule has 3 aromatic heterocycles. The summed E-state index contributed by atoms with van der Waals surface area (Å²) >= 11 is 6.36. The van der Waals surface area contributed by atoms with Crippen LogP contribution in [0.2, 0.25) is 5.28 Å². The molecule has 0 amide bonds. The number of aromatic nitrogens is 5. The van der Waals surface area contributed by atoms with E-state index in [1.54, 1.807) is 0 Å². The Balaban J connectivity index is 1.48. The first-order valence-corrected chi connectivity index (χ1v) is 13.4. The lowest BCUT2D eigenvalue weighted by Crippen LogP contribution is -2.31. The molecule has 186 valence electrons. The van der Waals surface area contributed by atoms with E-state index in [1.165, 1.54) is 10.9 Å². The highest BCUT2D eigenvalue weighted by atomic mass is 35.5. The molecule has 0 bridgehead atoms. The molecule has 4 heterocycles. The molecule has 4 atom stereocenters. The Morgan fingerprint density at radius 1 is 0.972 bits per heavy atom. The van der Waals surface area contributed by atoms with Crippen molar-refractivity contribution in [3.8, 4) is 5.82 Å². The Morgan fingerprint density at radius 2 is 1.61 bits per heavy atom. The molecule has 2 aromatic carbocycles. The number of nitrogens with zero attached hydrogens (tertiary/aromatic N) is 5. The Labute approximate surface area is 208 Å². The monoisotopic (exact) mass is 529 g/mol. The average molecular weight is 530 g/mol. The molecule has 13 heteroatoms. The number of ether oxygens (including phenoxy) is 1. The van der Waals surface area contributed by atoms with Crippen molar-refractivity contribution in [2.45, 2.75) is 31.0 Å². The summed E-state index contributed by atoms with van der Waals surface area (Å²) < 4.78 is 20.5. The topological polar surface area (TPSA) is 156 Å². The predicted octanol–water partition coefficient (Wildman–Crippen LogP) is 2.76. The Hall–Kier alpha value is -2.89. The van der Waals surface area contributed by atoms with E-state index in [0.717, 1.165) is 21.8 Å². The van der Waals surface area contributed by atoms with Crippen molar-refractivity contribution in [2.75, 3.05) is 6.16 Å². The van der Waals surface area contributed by atoms with Crippen molar-refractivity contribution in [3.63, 3.8) is 0 Å². The minimum Gasteiger partial charge on any atom is -0.388 e. The summed E-state index contributed by atoms with van der Waals surface area (Å²) in [5.41, 5.74) is 2.47. The van der Waals surface area contributed by atoms with Crippen LogP contribution < -0.4 is 0 Å².